The second-order valence-corrected chi connectivity index (χ2v) is 18.9. The second kappa shape index (κ2) is 16.1. The van der Waals surface area contributed by atoms with E-state index in [0.717, 1.165) is 47.5 Å². The zero-order valence-corrected chi connectivity index (χ0v) is 30.9. The summed E-state index contributed by atoms with van der Waals surface area (Å²) in [7, 11) is -0.335. The maximum absolute atomic E-state index is 12.8. The van der Waals surface area contributed by atoms with E-state index in [1.807, 2.05) is 53.3 Å². The number of methoxy groups -OCH3 is 1. The van der Waals surface area contributed by atoms with Crippen LogP contribution in [0.4, 0.5) is 11.4 Å². The van der Waals surface area contributed by atoms with E-state index in [1.54, 1.807) is 31.4 Å². The van der Waals surface area contributed by atoms with Crippen molar-refractivity contribution in [3.63, 3.8) is 0 Å². The Morgan fingerprint density at radius 3 is 2.43 bits per heavy atom. The molecule has 0 radical (unpaired) electrons. The minimum Gasteiger partial charge on any atom is -0.497 e. The number of amides is 1. The highest BCUT2D eigenvalue weighted by Gasteiger charge is 2.50. The zero-order chi connectivity index (χ0) is 36.0. The Balaban J connectivity index is 1.17. The number of aryl methyl sites for hydroxylation is 2. The van der Waals surface area contributed by atoms with Crippen molar-refractivity contribution in [3.05, 3.63) is 132 Å². The number of aliphatic hydroxyl groups excluding tert-OH is 1. The van der Waals surface area contributed by atoms with Gasteiger partial charge in [0.25, 0.3) is 5.91 Å². The van der Waals surface area contributed by atoms with Gasteiger partial charge in [-0.2, -0.15) is 0 Å². The molecule has 9 nitrogen and oxygen atoms in total. The Hall–Kier alpha value is -4.77. The van der Waals surface area contributed by atoms with Gasteiger partial charge in [0.2, 0.25) is 0 Å². The number of nitrogens with one attached hydrogen (secondary N) is 1. The average molecular weight is 704 g/mol. The van der Waals surface area contributed by atoms with Crippen molar-refractivity contribution in [3.8, 4) is 5.75 Å². The van der Waals surface area contributed by atoms with Gasteiger partial charge in [-0.15, -0.1) is 5.10 Å². The van der Waals surface area contributed by atoms with Crippen LogP contribution < -0.4 is 21.0 Å². The molecule has 1 aliphatic rings. The Morgan fingerprint density at radius 1 is 0.980 bits per heavy atom. The van der Waals surface area contributed by atoms with Gasteiger partial charge >= 0.3 is 0 Å². The molecule has 0 saturated carbocycles. The molecule has 10 heteroatoms. The van der Waals surface area contributed by atoms with Crippen LogP contribution in [0.3, 0.4) is 0 Å². The van der Waals surface area contributed by atoms with Gasteiger partial charge in [-0.05, 0) is 90.4 Å². The minimum absolute atomic E-state index is 0.0325. The number of hydrogen-bond acceptors (Lipinski definition) is 7. The first-order valence-corrected chi connectivity index (χ1v) is 20.9. The SMILES string of the molecule is COc1ccc([Si](C)(C)[C@H]2[C@H](C)[C@H](CCc3cccc(NC(=O)c4ccc(N)cc4)c3)O[C@@H]2CCn2cc(C(CO)c3ccccc3)nn2)cc1. The molecule has 0 bridgehead atoms. The van der Waals surface area contributed by atoms with Gasteiger partial charge < -0.3 is 25.6 Å². The summed E-state index contributed by atoms with van der Waals surface area (Å²) < 4.78 is 14.4. The molecule has 4 aromatic carbocycles. The molecular formula is C41H49N5O4Si. The number of benzene rings is 4. The molecule has 0 spiro atoms. The van der Waals surface area contributed by atoms with Crippen molar-refractivity contribution in [1.82, 2.24) is 15.0 Å². The van der Waals surface area contributed by atoms with Gasteiger partial charge in [-0.1, -0.05) is 85.0 Å². The fourth-order valence-corrected chi connectivity index (χ4v) is 11.9. The molecule has 1 aliphatic heterocycles. The minimum atomic E-state index is -2.04. The number of nitrogens with two attached hydrogens (primary N) is 1. The predicted octanol–water partition coefficient (Wildman–Crippen LogP) is 6.66. The highest BCUT2D eigenvalue weighted by molar-refractivity contribution is 6.91. The lowest BCUT2D eigenvalue weighted by molar-refractivity contribution is 0.0249. The first-order valence-electron chi connectivity index (χ1n) is 17.8. The standard InChI is InChI=1S/C41H49N5O4Si/c1-28-38(22-13-29-9-8-12-33(25-29)43-41(48)31-14-16-32(42)17-15-31)50-39(40(28)51(3,4)35-20-18-34(49-2)19-21-35)23-24-46-26-37(44-45-46)36(27-47)30-10-6-5-7-11-30/h5-12,14-21,25-26,28,36,38-40,47H,13,22-24,27,42H2,1-4H3,(H,43,48)/t28-,36?,38+,39-,40+/m1/s1. The van der Waals surface area contributed by atoms with Crippen LogP contribution in [0.5, 0.6) is 5.75 Å². The molecular weight excluding hydrogens is 655 g/mol. The van der Waals surface area contributed by atoms with E-state index in [4.69, 9.17) is 15.2 Å². The molecule has 5 aromatic rings. The maximum atomic E-state index is 12.8. The van der Waals surface area contributed by atoms with Crippen LogP contribution in [0, 0.1) is 5.92 Å². The van der Waals surface area contributed by atoms with Gasteiger partial charge in [0.05, 0.1) is 45.6 Å². The first-order chi connectivity index (χ1) is 24.7. The third kappa shape index (κ3) is 8.41. The molecule has 1 amide bonds. The number of carbonyl (C=O) groups is 1. The van der Waals surface area contributed by atoms with Gasteiger partial charge in [-0.3, -0.25) is 9.48 Å². The van der Waals surface area contributed by atoms with Crippen LogP contribution in [0.25, 0.3) is 0 Å². The maximum Gasteiger partial charge on any atom is 0.255 e. The van der Waals surface area contributed by atoms with Gasteiger partial charge in [0.1, 0.15) is 5.75 Å². The summed E-state index contributed by atoms with van der Waals surface area (Å²) in [5.74, 6) is 0.822. The Bertz CT molecular complexity index is 1880. The Labute approximate surface area is 301 Å². The normalized spacial score (nSPS) is 19.5. The van der Waals surface area contributed by atoms with Crippen LogP contribution in [0.2, 0.25) is 18.6 Å². The third-order valence-electron chi connectivity index (χ3n) is 10.6. The van der Waals surface area contributed by atoms with Crippen molar-refractivity contribution in [1.29, 1.82) is 0 Å². The number of carbonyl (C=O) groups excluding carboxylic acids is 1. The van der Waals surface area contributed by atoms with Gasteiger partial charge in [0.15, 0.2) is 0 Å². The van der Waals surface area contributed by atoms with E-state index in [2.05, 4.69) is 72.0 Å². The van der Waals surface area contributed by atoms with E-state index in [0.29, 0.717) is 29.3 Å². The van der Waals surface area contributed by atoms with Crippen LogP contribution >= 0.6 is 0 Å². The monoisotopic (exact) mass is 703 g/mol. The molecule has 6 rings (SSSR count). The van der Waals surface area contributed by atoms with E-state index >= 15 is 0 Å². The number of ether oxygens (including phenoxy) is 2. The molecule has 1 fully saturated rings. The lowest BCUT2D eigenvalue weighted by atomic mass is 9.95. The van der Waals surface area contributed by atoms with Crippen molar-refractivity contribution in [2.45, 2.75) is 69.5 Å². The average Bonchev–Trinajstić information content (AvgIpc) is 3.75. The summed E-state index contributed by atoms with van der Waals surface area (Å²) in [5.41, 5.74) is 11.1. The van der Waals surface area contributed by atoms with Crippen LogP contribution in [0.15, 0.2) is 109 Å². The molecule has 1 saturated heterocycles. The summed E-state index contributed by atoms with van der Waals surface area (Å²) in [4.78, 5) is 12.8. The van der Waals surface area contributed by atoms with Gasteiger partial charge in [-0.25, -0.2) is 0 Å². The fraction of sp³-hybridized carbons (Fsp3) is 0.341. The third-order valence-corrected chi connectivity index (χ3v) is 15.0. The largest absolute Gasteiger partial charge is 0.497 e. The Kier molecular flexibility index (Phi) is 11.3. The number of nitrogen functional groups attached to an aromatic ring is 1. The summed E-state index contributed by atoms with van der Waals surface area (Å²) in [6, 6.07) is 33.5. The molecule has 266 valence electrons. The first kappa shape index (κ1) is 36.0. The summed E-state index contributed by atoms with van der Waals surface area (Å²) in [6.45, 7) is 7.91. The summed E-state index contributed by atoms with van der Waals surface area (Å²) in [5, 5.41) is 23.5. The highest BCUT2D eigenvalue weighted by Crippen LogP contribution is 2.46. The summed E-state index contributed by atoms with van der Waals surface area (Å²) in [6.07, 6.45) is 4.61. The lowest BCUT2D eigenvalue weighted by Crippen LogP contribution is -2.50. The highest BCUT2D eigenvalue weighted by atomic mass is 28.3. The summed E-state index contributed by atoms with van der Waals surface area (Å²) >= 11 is 0. The molecule has 51 heavy (non-hydrogen) atoms. The molecule has 2 heterocycles. The van der Waals surface area contributed by atoms with E-state index in [9.17, 15) is 9.90 Å². The zero-order valence-electron chi connectivity index (χ0n) is 29.9. The molecule has 4 N–H and O–H groups in total. The molecule has 5 atom stereocenters. The fourth-order valence-electron chi connectivity index (χ4n) is 7.76. The molecule has 1 aromatic heterocycles. The number of anilines is 2. The Morgan fingerprint density at radius 2 is 1.73 bits per heavy atom. The van der Waals surface area contributed by atoms with Gasteiger partial charge in [0, 0.05) is 29.7 Å². The predicted molar refractivity (Wildman–Crippen MR) is 205 cm³/mol. The van der Waals surface area contributed by atoms with Crippen molar-refractivity contribution < 1.29 is 19.4 Å². The number of aromatic nitrogens is 3. The molecule has 1 unspecified atom stereocenters. The topological polar surface area (TPSA) is 125 Å². The quantitative estimate of drug-likeness (QED) is 0.0873. The van der Waals surface area contributed by atoms with E-state index < -0.39 is 8.07 Å². The number of nitrogens with zero attached hydrogens (tertiary/aromatic N) is 3. The number of aliphatic hydroxyl groups is 1. The van der Waals surface area contributed by atoms with E-state index in [1.165, 1.54) is 5.19 Å². The van der Waals surface area contributed by atoms with Crippen molar-refractivity contribution >= 4 is 30.5 Å². The van der Waals surface area contributed by atoms with E-state index in [-0.39, 0.29) is 30.6 Å². The van der Waals surface area contributed by atoms with Crippen molar-refractivity contribution in [2.24, 2.45) is 5.92 Å². The molecule has 0 aliphatic carbocycles. The van der Waals surface area contributed by atoms with Crippen LogP contribution in [-0.4, -0.2) is 60.0 Å². The van der Waals surface area contributed by atoms with Crippen LogP contribution in [-0.2, 0) is 17.7 Å². The number of hydrogen-bond donors (Lipinski definition) is 3. The smallest absolute Gasteiger partial charge is 0.255 e. The lowest BCUT2D eigenvalue weighted by Gasteiger charge is -2.36. The number of rotatable bonds is 14. The second-order valence-electron chi connectivity index (χ2n) is 14.2. The van der Waals surface area contributed by atoms with Crippen LogP contribution in [0.1, 0.15) is 52.9 Å². The van der Waals surface area contributed by atoms with Crippen molar-refractivity contribution in [2.75, 3.05) is 24.8 Å².